The van der Waals surface area contributed by atoms with E-state index in [2.05, 4.69) is 56.3 Å². The van der Waals surface area contributed by atoms with Gasteiger partial charge < -0.3 is 0 Å². The van der Waals surface area contributed by atoms with E-state index in [4.69, 9.17) is 0 Å². The Bertz CT molecular complexity index is 177. The van der Waals surface area contributed by atoms with Crippen LogP contribution in [0.3, 0.4) is 0 Å². The van der Waals surface area contributed by atoms with E-state index in [-0.39, 0.29) is 7.92 Å². The third-order valence-corrected chi connectivity index (χ3v) is 16.3. The molecule has 0 unspecified atom stereocenters. The maximum Gasteiger partial charge on any atom is 0.170 e. The van der Waals surface area contributed by atoms with E-state index in [1.54, 1.807) is 0 Å². The van der Waals surface area contributed by atoms with Crippen LogP contribution >= 0.6 is 30.3 Å². The molecule has 0 radical (unpaired) electrons. The van der Waals surface area contributed by atoms with E-state index in [0.717, 1.165) is 0 Å². The van der Waals surface area contributed by atoms with Crippen molar-refractivity contribution in [2.45, 2.75) is 39.0 Å². The Labute approximate surface area is 99.4 Å². The molecule has 0 aromatic carbocycles. The van der Waals surface area contributed by atoms with Gasteiger partial charge in [0.2, 0.25) is 0 Å². The highest BCUT2D eigenvalue weighted by Crippen LogP contribution is 2.52. The fourth-order valence-electron chi connectivity index (χ4n) is 1.63. The molecule has 0 amide bonds. The SMILES string of the molecule is CC(C)(C)P1CCS[Si](C)(C)SCC1. The second kappa shape index (κ2) is 5.12. The predicted octanol–water partition coefficient (Wildman–Crippen LogP) is 4.45. The largest absolute Gasteiger partial charge is 0.173 e. The van der Waals surface area contributed by atoms with E-state index in [1.807, 2.05) is 0 Å². The molecule has 0 N–H and O–H groups in total. The van der Waals surface area contributed by atoms with Crippen LogP contribution in [0.1, 0.15) is 20.8 Å². The molecule has 0 aromatic rings. The number of rotatable bonds is 0. The third-order valence-electron chi connectivity index (χ3n) is 2.57. The number of hydrogen-bond acceptors (Lipinski definition) is 2. The van der Waals surface area contributed by atoms with Crippen LogP contribution in [0.2, 0.25) is 13.1 Å². The molecule has 14 heavy (non-hydrogen) atoms. The molecule has 0 atom stereocenters. The normalized spacial score (nSPS) is 25.5. The molecular formula is C10H23PS2Si. The van der Waals surface area contributed by atoms with Crippen LogP contribution in [0.4, 0.5) is 0 Å². The highest BCUT2D eigenvalue weighted by atomic mass is 32.6. The topological polar surface area (TPSA) is 0 Å². The van der Waals surface area contributed by atoms with Gasteiger partial charge in [-0.1, -0.05) is 41.8 Å². The summed E-state index contributed by atoms with van der Waals surface area (Å²) in [6.07, 6.45) is 2.08. The minimum Gasteiger partial charge on any atom is -0.173 e. The molecule has 0 aromatic heterocycles. The zero-order valence-corrected chi connectivity index (χ0v) is 13.6. The highest BCUT2D eigenvalue weighted by Gasteiger charge is 2.29. The van der Waals surface area contributed by atoms with E-state index in [0.29, 0.717) is 5.16 Å². The summed E-state index contributed by atoms with van der Waals surface area (Å²) in [5.41, 5.74) is 0. The summed E-state index contributed by atoms with van der Waals surface area (Å²) in [7, 11) is 0.283. The Kier molecular flexibility index (Phi) is 4.90. The zero-order valence-electron chi connectivity index (χ0n) is 10.1. The van der Waals surface area contributed by atoms with Crippen LogP contribution in [-0.2, 0) is 0 Å². The average Bonchev–Trinajstić information content (AvgIpc) is 1.95. The first-order chi connectivity index (χ1) is 6.31. The van der Waals surface area contributed by atoms with Crippen molar-refractivity contribution in [2.75, 3.05) is 23.8 Å². The molecule has 0 bridgehead atoms. The molecule has 1 heterocycles. The monoisotopic (exact) mass is 266 g/mol. The van der Waals surface area contributed by atoms with Crippen molar-refractivity contribution < 1.29 is 0 Å². The van der Waals surface area contributed by atoms with Crippen molar-refractivity contribution in [3.8, 4) is 0 Å². The van der Waals surface area contributed by atoms with Crippen LogP contribution in [0.15, 0.2) is 0 Å². The molecule has 84 valence electrons. The van der Waals surface area contributed by atoms with Crippen LogP contribution in [0, 0.1) is 0 Å². The van der Waals surface area contributed by atoms with E-state index in [9.17, 15) is 0 Å². The zero-order chi connectivity index (χ0) is 10.8. The van der Waals surface area contributed by atoms with Crippen molar-refractivity contribution in [1.29, 1.82) is 0 Å². The fraction of sp³-hybridized carbons (Fsp3) is 1.00. The summed E-state index contributed by atoms with van der Waals surface area (Å²) in [6.45, 7) is 12.3. The maximum atomic E-state index is 2.51. The summed E-state index contributed by atoms with van der Waals surface area (Å²) in [5, 5.41) is 0.583. The van der Waals surface area contributed by atoms with Gasteiger partial charge >= 0.3 is 0 Å². The third kappa shape index (κ3) is 4.47. The van der Waals surface area contributed by atoms with Gasteiger partial charge in [-0.25, -0.2) is 0 Å². The van der Waals surface area contributed by atoms with Crippen molar-refractivity contribution >= 4 is 36.7 Å². The maximum absolute atomic E-state index is 2.51. The van der Waals surface area contributed by atoms with Crippen molar-refractivity contribution in [3.05, 3.63) is 0 Å². The van der Waals surface area contributed by atoms with Gasteiger partial charge in [-0.2, -0.15) is 22.4 Å². The van der Waals surface area contributed by atoms with Crippen LogP contribution < -0.4 is 0 Å². The summed E-state index contributed by atoms with van der Waals surface area (Å²) < 4.78 is 0. The molecule has 0 nitrogen and oxygen atoms in total. The highest BCUT2D eigenvalue weighted by molar-refractivity contribution is 8.58. The summed E-state index contributed by atoms with van der Waals surface area (Å²) in [4.78, 5) is 0. The Morgan fingerprint density at radius 1 is 1.00 bits per heavy atom. The minimum atomic E-state index is -0.918. The second-order valence-electron chi connectivity index (χ2n) is 5.25. The fourth-order valence-corrected chi connectivity index (χ4v) is 13.8. The molecule has 1 saturated heterocycles. The Balaban J connectivity index is 2.49. The molecule has 1 aliphatic heterocycles. The standard InChI is InChI=1S/C10H23PS2Si/c1-10(2,3)11-6-8-12-14(4,5)13-9-7-11/h6-9H2,1-5H3. The Hall–Kier alpha value is 1.35. The smallest absolute Gasteiger partial charge is 0.170 e. The average molecular weight is 266 g/mol. The van der Waals surface area contributed by atoms with Gasteiger partial charge in [0.1, 0.15) is 0 Å². The molecule has 0 saturated carbocycles. The van der Waals surface area contributed by atoms with Gasteiger partial charge in [-0.05, 0) is 29.0 Å². The molecule has 1 fully saturated rings. The van der Waals surface area contributed by atoms with Crippen LogP contribution in [-0.4, -0.2) is 35.4 Å². The molecule has 1 rings (SSSR count). The first-order valence-electron chi connectivity index (χ1n) is 5.34. The summed E-state index contributed by atoms with van der Waals surface area (Å²) in [5.74, 6) is 2.85. The quantitative estimate of drug-likeness (QED) is 0.469. The Morgan fingerprint density at radius 2 is 1.43 bits per heavy atom. The van der Waals surface area contributed by atoms with E-state index in [1.165, 1.54) is 23.8 Å². The lowest BCUT2D eigenvalue weighted by molar-refractivity contribution is 0.781. The summed E-state index contributed by atoms with van der Waals surface area (Å²) >= 11 is 4.58. The van der Waals surface area contributed by atoms with Crippen molar-refractivity contribution in [3.63, 3.8) is 0 Å². The van der Waals surface area contributed by atoms with E-state index < -0.39 is 6.37 Å². The number of hydrogen-bond donors (Lipinski definition) is 0. The molecule has 4 heteroatoms. The van der Waals surface area contributed by atoms with Gasteiger partial charge in [0.25, 0.3) is 0 Å². The van der Waals surface area contributed by atoms with Crippen LogP contribution in [0.5, 0.6) is 0 Å². The van der Waals surface area contributed by atoms with Gasteiger partial charge in [0.15, 0.2) is 6.37 Å². The Morgan fingerprint density at radius 3 is 1.79 bits per heavy atom. The first-order valence-corrected chi connectivity index (χ1v) is 13.5. The van der Waals surface area contributed by atoms with Crippen molar-refractivity contribution in [1.82, 2.24) is 0 Å². The first kappa shape index (κ1) is 13.4. The predicted molar refractivity (Wildman–Crippen MR) is 78.8 cm³/mol. The molecule has 0 spiro atoms. The van der Waals surface area contributed by atoms with Gasteiger partial charge in [0.05, 0.1) is 0 Å². The van der Waals surface area contributed by atoms with Gasteiger partial charge in [-0.15, -0.1) is 0 Å². The van der Waals surface area contributed by atoms with E-state index >= 15 is 0 Å². The van der Waals surface area contributed by atoms with Gasteiger partial charge in [-0.3, -0.25) is 0 Å². The summed E-state index contributed by atoms with van der Waals surface area (Å²) in [6, 6.07) is 0. The minimum absolute atomic E-state index is 0.283. The lowest BCUT2D eigenvalue weighted by atomic mass is 10.3. The molecule has 1 aliphatic rings. The lowest BCUT2D eigenvalue weighted by Crippen LogP contribution is -2.25. The lowest BCUT2D eigenvalue weighted by Gasteiger charge is -2.35. The van der Waals surface area contributed by atoms with Gasteiger partial charge in [0, 0.05) is 0 Å². The molecular weight excluding hydrogens is 243 g/mol. The second-order valence-corrected chi connectivity index (χ2v) is 21.4. The van der Waals surface area contributed by atoms with Crippen molar-refractivity contribution in [2.24, 2.45) is 0 Å². The molecule has 0 aliphatic carbocycles. The van der Waals surface area contributed by atoms with Crippen LogP contribution in [0.25, 0.3) is 0 Å².